The number of rotatable bonds is 5. The minimum atomic E-state index is -0.952. The summed E-state index contributed by atoms with van der Waals surface area (Å²) in [5, 5.41) is 10.8. The molecule has 0 aliphatic rings. The fourth-order valence-electron chi connectivity index (χ4n) is 1.21. The van der Waals surface area contributed by atoms with Crippen LogP contribution in [0.15, 0.2) is 22.7 Å². The third-order valence-corrected chi connectivity index (χ3v) is 2.49. The van der Waals surface area contributed by atoms with E-state index in [1.54, 1.807) is 0 Å². The second kappa shape index (κ2) is 6.34. The van der Waals surface area contributed by atoms with Crippen LogP contribution in [0.2, 0.25) is 0 Å². The number of hydrogen-bond acceptors (Lipinski definition) is 2. The van der Waals surface area contributed by atoms with E-state index in [1.165, 1.54) is 18.2 Å². The highest BCUT2D eigenvalue weighted by Gasteiger charge is 2.08. The molecule has 2 N–H and O–H groups in total. The van der Waals surface area contributed by atoms with E-state index in [0.717, 1.165) is 0 Å². The molecule has 0 saturated heterocycles. The van der Waals surface area contributed by atoms with Gasteiger partial charge in [0.05, 0.1) is 5.69 Å². The first-order valence-electron chi connectivity index (χ1n) is 4.95. The molecule has 0 fully saturated rings. The van der Waals surface area contributed by atoms with Crippen LogP contribution in [0.1, 0.15) is 19.3 Å². The first-order chi connectivity index (χ1) is 7.99. The molecular formula is C11H11BrFNO3. The Labute approximate surface area is 106 Å². The molecule has 1 aromatic rings. The topological polar surface area (TPSA) is 66.4 Å². The van der Waals surface area contributed by atoms with Crippen molar-refractivity contribution in [3.63, 3.8) is 0 Å². The normalized spacial score (nSPS) is 10.0. The van der Waals surface area contributed by atoms with Crippen molar-refractivity contribution in [1.82, 2.24) is 0 Å². The number of carbonyl (C=O) groups is 2. The zero-order chi connectivity index (χ0) is 12.8. The van der Waals surface area contributed by atoms with Gasteiger partial charge in [0.25, 0.3) is 0 Å². The molecule has 1 amide bonds. The number of hydrogen-bond donors (Lipinski definition) is 2. The second-order valence-electron chi connectivity index (χ2n) is 3.42. The van der Waals surface area contributed by atoms with Crippen LogP contribution in [0, 0.1) is 5.82 Å². The molecule has 1 rings (SSSR count). The van der Waals surface area contributed by atoms with E-state index in [1.807, 2.05) is 0 Å². The molecular weight excluding hydrogens is 293 g/mol. The number of nitrogens with one attached hydrogen (secondary N) is 1. The fraction of sp³-hybridized carbons (Fsp3) is 0.273. The first kappa shape index (κ1) is 13.6. The molecule has 0 heterocycles. The molecule has 92 valence electrons. The zero-order valence-corrected chi connectivity index (χ0v) is 10.5. The Morgan fingerprint density at radius 3 is 2.71 bits per heavy atom. The highest BCUT2D eigenvalue weighted by atomic mass is 79.9. The van der Waals surface area contributed by atoms with Crippen LogP contribution in [0.3, 0.4) is 0 Å². The lowest BCUT2D eigenvalue weighted by molar-refractivity contribution is -0.137. The minimum absolute atomic E-state index is 0.0538. The Hall–Kier alpha value is -1.43. The Bertz CT molecular complexity index is 437. The number of aliphatic carboxylic acids is 1. The van der Waals surface area contributed by atoms with Crippen LogP contribution in [0.5, 0.6) is 0 Å². The van der Waals surface area contributed by atoms with Crippen LogP contribution < -0.4 is 5.32 Å². The van der Waals surface area contributed by atoms with Gasteiger partial charge in [0.2, 0.25) is 5.91 Å². The van der Waals surface area contributed by atoms with Gasteiger partial charge in [0.15, 0.2) is 0 Å². The van der Waals surface area contributed by atoms with E-state index in [2.05, 4.69) is 21.2 Å². The summed E-state index contributed by atoms with van der Waals surface area (Å²) in [7, 11) is 0. The van der Waals surface area contributed by atoms with E-state index in [-0.39, 0.29) is 24.9 Å². The molecule has 0 aliphatic heterocycles. The minimum Gasteiger partial charge on any atom is -0.481 e. The lowest BCUT2D eigenvalue weighted by Crippen LogP contribution is -2.13. The molecule has 1 aromatic carbocycles. The van der Waals surface area contributed by atoms with Crippen molar-refractivity contribution >= 4 is 33.5 Å². The number of carboxylic acids is 1. The van der Waals surface area contributed by atoms with Gasteiger partial charge in [-0.1, -0.05) is 15.9 Å². The van der Waals surface area contributed by atoms with Crippen molar-refractivity contribution in [2.45, 2.75) is 19.3 Å². The largest absolute Gasteiger partial charge is 0.481 e. The number of benzene rings is 1. The average Bonchev–Trinajstić information content (AvgIpc) is 2.23. The maximum atomic E-state index is 13.3. The SMILES string of the molecule is O=C(O)CCCC(=O)Nc1cc(Br)ccc1F. The van der Waals surface area contributed by atoms with Crippen molar-refractivity contribution in [3.8, 4) is 0 Å². The lowest BCUT2D eigenvalue weighted by atomic mass is 10.2. The molecule has 0 atom stereocenters. The third kappa shape index (κ3) is 4.95. The highest BCUT2D eigenvalue weighted by Crippen LogP contribution is 2.20. The van der Waals surface area contributed by atoms with Crippen molar-refractivity contribution < 1.29 is 19.1 Å². The molecule has 0 spiro atoms. The lowest BCUT2D eigenvalue weighted by Gasteiger charge is -2.06. The van der Waals surface area contributed by atoms with Crippen molar-refractivity contribution in [2.75, 3.05) is 5.32 Å². The number of amides is 1. The Morgan fingerprint density at radius 2 is 2.06 bits per heavy atom. The van der Waals surface area contributed by atoms with Gasteiger partial charge in [-0.25, -0.2) is 4.39 Å². The Kier molecular flexibility index (Phi) is 5.09. The van der Waals surface area contributed by atoms with Gasteiger partial charge in [-0.05, 0) is 24.6 Å². The van der Waals surface area contributed by atoms with E-state index >= 15 is 0 Å². The number of carbonyl (C=O) groups excluding carboxylic acids is 1. The summed E-state index contributed by atoms with van der Waals surface area (Å²) >= 11 is 3.16. The van der Waals surface area contributed by atoms with Crippen LogP contribution >= 0.6 is 15.9 Å². The van der Waals surface area contributed by atoms with Crippen LogP contribution in [-0.4, -0.2) is 17.0 Å². The number of carboxylic acid groups (broad SMARTS) is 1. The second-order valence-corrected chi connectivity index (χ2v) is 4.34. The molecule has 0 saturated carbocycles. The molecule has 0 radical (unpaired) electrons. The Morgan fingerprint density at radius 1 is 1.35 bits per heavy atom. The average molecular weight is 304 g/mol. The maximum absolute atomic E-state index is 13.3. The third-order valence-electron chi connectivity index (χ3n) is 2.00. The van der Waals surface area contributed by atoms with E-state index < -0.39 is 17.7 Å². The maximum Gasteiger partial charge on any atom is 0.303 e. The van der Waals surface area contributed by atoms with Gasteiger partial charge < -0.3 is 10.4 Å². The van der Waals surface area contributed by atoms with Gasteiger partial charge in [-0.2, -0.15) is 0 Å². The van der Waals surface area contributed by atoms with E-state index in [0.29, 0.717) is 4.47 Å². The van der Waals surface area contributed by atoms with Gasteiger partial charge in [0, 0.05) is 17.3 Å². The number of halogens is 2. The Balaban J connectivity index is 2.50. The first-order valence-corrected chi connectivity index (χ1v) is 5.75. The molecule has 0 bridgehead atoms. The summed E-state index contributed by atoms with van der Waals surface area (Å²) in [6, 6.07) is 4.21. The van der Waals surface area contributed by atoms with Gasteiger partial charge in [-0.3, -0.25) is 9.59 Å². The molecule has 17 heavy (non-hydrogen) atoms. The zero-order valence-electron chi connectivity index (χ0n) is 8.87. The van der Waals surface area contributed by atoms with E-state index in [9.17, 15) is 14.0 Å². The van der Waals surface area contributed by atoms with E-state index in [4.69, 9.17) is 5.11 Å². The molecule has 4 nitrogen and oxygen atoms in total. The van der Waals surface area contributed by atoms with Crippen LogP contribution in [0.25, 0.3) is 0 Å². The molecule has 0 aliphatic carbocycles. The van der Waals surface area contributed by atoms with Crippen LogP contribution in [-0.2, 0) is 9.59 Å². The summed E-state index contributed by atoms with van der Waals surface area (Å²) in [6.45, 7) is 0. The number of anilines is 1. The molecule has 6 heteroatoms. The van der Waals surface area contributed by atoms with Gasteiger partial charge in [-0.15, -0.1) is 0 Å². The monoisotopic (exact) mass is 303 g/mol. The van der Waals surface area contributed by atoms with Gasteiger partial charge in [0.1, 0.15) is 5.82 Å². The standard InChI is InChI=1S/C11H11BrFNO3/c12-7-4-5-8(13)9(6-7)14-10(15)2-1-3-11(16)17/h4-6H,1-3H2,(H,14,15)(H,16,17). The smallest absolute Gasteiger partial charge is 0.303 e. The van der Waals surface area contributed by atoms with Gasteiger partial charge >= 0.3 is 5.97 Å². The summed E-state index contributed by atoms with van der Waals surface area (Å²) in [6.07, 6.45) is 0.212. The fourth-order valence-corrected chi connectivity index (χ4v) is 1.57. The summed E-state index contributed by atoms with van der Waals surface area (Å²) in [5.41, 5.74) is 0.0831. The molecule has 0 unspecified atom stereocenters. The van der Waals surface area contributed by atoms with Crippen molar-refractivity contribution in [3.05, 3.63) is 28.5 Å². The molecule has 0 aromatic heterocycles. The van der Waals surface area contributed by atoms with Crippen molar-refractivity contribution in [2.24, 2.45) is 0 Å². The summed E-state index contributed by atoms with van der Waals surface area (Å²) < 4.78 is 13.9. The summed E-state index contributed by atoms with van der Waals surface area (Å²) in [5.74, 6) is -1.88. The van der Waals surface area contributed by atoms with Crippen LogP contribution in [0.4, 0.5) is 10.1 Å². The highest BCUT2D eigenvalue weighted by molar-refractivity contribution is 9.10. The van der Waals surface area contributed by atoms with Crippen molar-refractivity contribution in [1.29, 1.82) is 0 Å². The quantitative estimate of drug-likeness (QED) is 0.879. The predicted molar refractivity (Wildman–Crippen MR) is 64.2 cm³/mol. The summed E-state index contributed by atoms with van der Waals surface area (Å²) in [4.78, 5) is 21.6. The predicted octanol–water partition coefficient (Wildman–Crippen LogP) is 2.78.